The van der Waals surface area contributed by atoms with Gasteiger partial charge in [0.05, 0.1) is 12.7 Å². The Morgan fingerprint density at radius 2 is 1.93 bits per heavy atom. The molecule has 0 unspecified atom stereocenters. The number of nitrogens with two attached hydrogens (primary N) is 1. The fraction of sp³-hybridized carbons (Fsp3) is 0.727. The predicted octanol–water partition coefficient (Wildman–Crippen LogP) is 2.28. The number of nitrogens with zero attached hydrogens (tertiary/aromatic N) is 1. The highest BCUT2D eigenvalue weighted by Gasteiger charge is 2.66. The fourth-order valence-electron chi connectivity index (χ4n) is 2.46. The lowest BCUT2D eigenvalue weighted by atomic mass is 10.0. The van der Waals surface area contributed by atoms with Gasteiger partial charge >= 0.3 is 0 Å². The molecule has 0 aromatic carbocycles. The summed E-state index contributed by atoms with van der Waals surface area (Å²) in [6.45, 7) is 9.45. The third-order valence-corrected chi connectivity index (χ3v) is 4.05. The first-order valence-corrected chi connectivity index (χ1v) is 5.06. The molecule has 0 amide bonds. The SMILES string of the molecule is CC1(C)C(c2cnc(CN)o2)C1(C)C. The third-order valence-electron chi connectivity index (χ3n) is 4.05. The Labute approximate surface area is 84.7 Å². The molecule has 0 aliphatic heterocycles. The van der Waals surface area contributed by atoms with E-state index >= 15 is 0 Å². The zero-order valence-electron chi connectivity index (χ0n) is 9.29. The van der Waals surface area contributed by atoms with Crippen LogP contribution in [-0.4, -0.2) is 4.98 Å². The highest BCUT2D eigenvalue weighted by Crippen LogP contribution is 2.73. The lowest BCUT2D eigenvalue weighted by Crippen LogP contribution is -1.95. The largest absolute Gasteiger partial charge is 0.444 e. The van der Waals surface area contributed by atoms with Gasteiger partial charge in [-0.25, -0.2) is 4.98 Å². The molecule has 14 heavy (non-hydrogen) atoms. The Morgan fingerprint density at radius 3 is 2.29 bits per heavy atom. The van der Waals surface area contributed by atoms with Gasteiger partial charge in [0.25, 0.3) is 0 Å². The first-order valence-electron chi connectivity index (χ1n) is 5.06. The van der Waals surface area contributed by atoms with Crippen LogP contribution in [0.15, 0.2) is 10.6 Å². The van der Waals surface area contributed by atoms with E-state index in [0.29, 0.717) is 29.2 Å². The molecule has 0 radical (unpaired) electrons. The van der Waals surface area contributed by atoms with Crippen LogP contribution in [0.4, 0.5) is 0 Å². The van der Waals surface area contributed by atoms with Crippen molar-refractivity contribution in [2.75, 3.05) is 0 Å². The summed E-state index contributed by atoms with van der Waals surface area (Å²) >= 11 is 0. The predicted molar refractivity (Wildman–Crippen MR) is 54.7 cm³/mol. The molecule has 2 rings (SSSR count). The van der Waals surface area contributed by atoms with Crippen LogP contribution in [0.5, 0.6) is 0 Å². The van der Waals surface area contributed by atoms with Gasteiger partial charge in [-0.1, -0.05) is 27.7 Å². The smallest absolute Gasteiger partial charge is 0.208 e. The van der Waals surface area contributed by atoms with E-state index < -0.39 is 0 Å². The summed E-state index contributed by atoms with van der Waals surface area (Å²) in [4.78, 5) is 4.14. The summed E-state index contributed by atoms with van der Waals surface area (Å²) in [5.74, 6) is 2.10. The molecule has 3 heteroatoms. The quantitative estimate of drug-likeness (QED) is 0.785. The lowest BCUT2D eigenvalue weighted by molar-refractivity contribution is 0.439. The average Bonchev–Trinajstić information content (AvgIpc) is 2.51. The van der Waals surface area contributed by atoms with Gasteiger partial charge in [-0.2, -0.15) is 0 Å². The molecule has 3 nitrogen and oxygen atoms in total. The standard InChI is InChI=1S/C11H18N2O/c1-10(2)9(11(10,3)4)7-6-13-8(5-12)14-7/h6,9H,5,12H2,1-4H3. The summed E-state index contributed by atoms with van der Waals surface area (Å²) in [6.07, 6.45) is 1.82. The second-order valence-corrected chi connectivity index (χ2v) is 5.24. The molecule has 1 fully saturated rings. The van der Waals surface area contributed by atoms with E-state index in [1.54, 1.807) is 0 Å². The minimum absolute atomic E-state index is 0.304. The van der Waals surface area contributed by atoms with Crippen molar-refractivity contribution in [3.63, 3.8) is 0 Å². The number of aromatic nitrogens is 1. The van der Waals surface area contributed by atoms with Crippen LogP contribution in [-0.2, 0) is 6.54 Å². The van der Waals surface area contributed by atoms with Gasteiger partial charge in [-0.05, 0) is 10.8 Å². The summed E-state index contributed by atoms with van der Waals surface area (Å²) in [5, 5.41) is 0. The Hall–Kier alpha value is -0.830. The zero-order chi connectivity index (χ0) is 10.6. The summed E-state index contributed by atoms with van der Waals surface area (Å²) in [7, 11) is 0. The summed E-state index contributed by atoms with van der Waals surface area (Å²) < 4.78 is 5.59. The second-order valence-electron chi connectivity index (χ2n) is 5.24. The van der Waals surface area contributed by atoms with Crippen LogP contribution < -0.4 is 5.73 Å². The normalized spacial score (nSPS) is 23.8. The first-order chi connectivity index (χ1) is 6.41. The average molecular weight is 194 g/mol. The van der Waals surface area contributed by atoms with Crippen LogP contribution >= 0.6 is 0 Å². The molecule has 1 saturated carbocycles. The molecule has 0 spiro atoms. The molecule has 0 bridgehead atoms. The maximum Gasteiger partial charge on any atom is 0.208 e. The van der Waals surface area contributed by atoms with Gasteiger partial charge in [0.15, 0.2) is 0 Å². The zero-order valence-corrected chi connectivity index (χ0v) is 9.29. The molecular formula is C11H18N2O. The van der Waals surface area contributed by atoms with Gasteiger partial charge in [-0.3, -0.25) is 0 Å². The first kappa shape index (κ1) is 9.71. The van der Waals surface area contributed by atoms with Crippen molar-refractivity contribution in [3.05, 3.63) is 17.8 Å². The van der Waals surface area contributed by atoms with Crippen molar-refractivity contribution in [3.8, 4) is 0 Å². The van der Waals surface area contributed by atoms with Crippen LogP contribution in [0.2, 0.25) is 0 Å². The molecular weight excluding hydrogens is 176 g/mol. The number of hydrogen-bond acceptors (Lipinski definition) is 3. The maximum atomic E-state index is 5.59. The Bertz CT molecular complexity index is 338. The van der Waals surface area contributed by atoms with Gasteiger partial charge in [0.2, 0.25) is 5.89 Å². The van der Waals surface area contributed by atoms with Crippen LogP contribution in [0, 0.1) is 10.8 Å². The monoisotopic (exact) mass is 194 g/mol. The van der Waals surface area contributed by atoms with Gasteiger partial charge < -0.3 is 10.2 Å². The number of oxazole rings is 1. The molecule has 1 heterocycles. The minimum atomic E-state index is 0.304. The van der Waals surface area contributed by atoms with Crippen molar-refractivity contribution in [1.82, 2.24) is 4.98 Å². The molecule has 0 saturated heterocycles. The highest BCUT2D eigenvalue weighted by atomic mass is 16.4. The van der Waals surface area contributed by atoms with Crippen molar-refractivity contribution in [1.29, 1.82) is 0 Å². The third kappa shape index (κ3) is 1.05. The molecule has 1 aromatic rings. The molecule has 1 aliphatic carbocycles. The van der Waals surface area contributed by atoms with E-state index in [-0.39, 0.29) is 0 Å². The van der Waals surface area contributed by atoms with Crippen molar-refractivity contribution >= 4 is 0 Å². The lowest BCUT2D eigenvalue weighted by Gasteiger charge is -2.03. The minimum Gasteiger partial charge on any atom is -0.444 e. The fourth-order valence-corrected chi connectivity index (χ4v) is 2.46. The Kier molecular flexibility index (Phi) is 1.80. The summed E-state index contributed by atoms with van der Waals surface area (Å²) in [6, 6.07) is 0. The molecule has 2 N–H and O–H groups in total. The van der Waals surface area contributed by atoms with Gasteiger partial charge in [-0.15, -0.1) is 0 Å². The molecule has 1 aliphatic rings. The van der Waals surface area contributed by atoms with E-state index in [4.69, 9.17) is 10.2 Å². The van der Waals surface area contributed by atoms with E-state index in [9.17, 15) is 0 Å². The summed E-state index contributed by atoms with van der Waals surface area (Å²) in [5.41, 5.74) is 6.07. The van der Waals surface area contributed by atoms with E-state index in [1.165, 1.54) is 0 Å². The van der Waals surface area contributed by atoms with Crippen molar-refractivity contribution in [2.45, 2.75) is 40.2 Å². The van der Waals surface area contributed by atoms with Crippen LogP contribution in [0.25, 0.3) is 0 Å². The van der Waals surface area contributed by atoms with Gasteiger partial charge in [0, 0.05) is 5.92 Å². The topological polar surface area (TPSA) is 52.0 Å². The molecule has 0 atom stereocenters. The number of rotatable bonds is 2. The highest BCUT2D eigenvalue weighted by molar-refractivity contribution is 5.27. The van der Waals surface area contributed by atoms with Crippen LogP contribution in [0.1, 0.15) is 45.3 Å². The van der Waals surface area contributed by atoms with Crippen molar-refractivity contribution < 1.29 is 4.42 Å². The second kappa shape index (κ2) is 2.60. The molecule has 1 aromatic heterocycles. The Balaban J connectivity index is 2.27. The van der Waals surface area contributed by atoms with Gasteiger partial charge in [0.1, 0.15) is 5.76 Å². The Morgan fingerprint density at radius 1 is 1.36 bits per heavy atom. The van der Waals surface area contributed by atoms with Crippen LogP contribution in [0.3, 0.4) is 0 Å². The number of hydrogen-bond donors (Lipinski definition) is 1. The van der Waals surface area contributed by atoms with E-state index in [1.807, 2.05) is 6.20 Å². The van der Waals surface area contributed by atoms with E-state index in [2.05, 4.69) is 32.7 Å². The van der Waals surface area contributed by atoms with Crippen molar-refractivity contribution in [2.24, 2.45) is 16.6 Å². The maximum absolute atomic E-state index is 5.59. The van der Waals surface area contributed by atoms with E-state index in [0.717, 1.165) is 5.76 Å². The molecule has 78 valence electrons.